The maximum absolute atomic E-state index is 13.2. The molecule has 0 spiro atoms. The molecule has 6 fully saturated rings. The first-order valence-electron chi connectivity index (χ1n) is 16.8. The van der Waals surface area contributed by atoms with Crippen LogP contribution in [0.5, 0.6) is 0 Å². The second-order valence-electron chi connectivity index (χ2n) is 13.5. The first-order chi connectivity index (χ1) is 23.7. The number of thioether (sulfide) groups is 2. The van der Waals surface area contributed by atoms with Crippen molar-refractivity contribution in [3.05, 3.63) is 12.7 Å². The smallest absolute Gasteiger partial charge is 0.315 e. The molecule has 0 aromatic carbocycles. The van der Waals surface area contributed by atoms with Gasteiger partial charge in [-0.15, -0.1) is 0 Å². The third kappa shape index (κ3) is 6.11. The van der Waals surface area contributed by atoms with Crippen molar-refractivity contribution in [1.82, 2.24) is 40.8 Å². The van der Waals surface area contributed by atoms with Gasteiger partial charge in [-0.25, -0.2) is 24.5 Å². The quantitative estimate of drug-likeness (QED) is 0.0943. The van der Waals surface area contributed by atoms with Gasteiger partial charge in [0, 0.05) is 34.8 Å². The van der Waals surface area contributed by atoms with Crippen molar-refractivity contribution in [2.24, 2.45) is 5.92 Å². The minimum absolute atomic E-state index is 0.101. The van der Waals surface area contributed by atoms with Crippen molar-refractivity contribution in [3.8, 4) is 0 Å². The summed E-state index contributed by atoms with van der Waals surface area (Å²) < 4.78 is 19.3. The number of urea groups is 2. The summed E-state index contributed by atoms with van der Waals surface area (Å²) >= 11 is 3.65. The SMILES string of the molecule is Nc1ncnc2c1ncn2[C@@H]1OC2(O)C(C1OC(=O)CCCC[C@@H]1SC[C@@H]3NC(=O)N[C@@H]31)[C@H]2OC(=O)CCCC[C@@H]1SC[C@@H]2NC(=O)N[C@@H]21. The number of hydrogen-bond donors (Lipinski definition) is 6. The maximum Gasteiger partial charge on any atom is 0.315 e. The Balaban J connectivity index is 0.864. The first kappa shape index (κ1) is 32.6. The fraction of sp³-hybridized carbons (Fsp3) is 0.700. The number of nitrogens with two attached hydrogens (primary N) is 1. The lowest BCUT2D eigenvalue weighted by Gasteiger charge is -2.25. The van der Waals surface area contributed by atoms with Gasteiger partial charge in [0.15, 0.2) is 29.9 Å². The average molecular weight is 718 g/mol. The van der Waals surface area contributed by atoms with Crippen LogP contribution in [0, 0.1) is 5.92 Å². The molecule has 0 radical (unpaired) electrons. The van der Waals surface area contributed by atoms with Gasteiger partial charge >= 0.3 is 24.0 Å². The van der Waals surface area contributed by atoms with Crippen LogP contribution < -0.4 is 27.0 Å². The molecular weight excluding hydrogens is 679 g/mol. The van der Waals surface area contributed by atoms with Crippen LogP contribution in [0.2, 0.25) is 0 Å². The number of amides is 4. The summed E-state index contributed by atoms with van der Waals surface area (Å²) in [4.78, 5) is 61.9. The summed E-state index contributed by atoms with van der Waals surface area (Å²) in [5.74, 6) is -1.68. The van der Waals surface area contributed by atoms with Crippen LogP contribution in [0.25, 0.3) is 11.2 Å². The second kappa shape index (κ2) is 13.0. The Morgan fingerprint density at radius 3 is 2.16 bits per heavy atom. The van der Waals surface area contributed by atoms with E-state index in [9.17, 15) is 24.3 Å². The molecule has 2 aromatic heterocycles. The molecule has 1 saturated carbocycles. The van der Waals surface area contributed by atoms with Gasteiger partial charge in [-0.05, 0) is 25.7 Å². The molecule has 8 rings (SSSR count). The predicted octanol–water partition coefficient (Wildman–Crippen LogP) is 0.531. The highest BCUT2D eigenvalue weighted by Gasteiger charge is 2.80. The number of anilines is 1. The molecule has 4 amide bonds. The Morgan fingerprint density at radius 1 is 0.918 bits per heavy atom. The van der Waals surface area contributed by atoms with E-state index in [1.807, 2.05) is 23.5 Å². The zero-order valence-corrected chi connectivity index (χ0v) is 28.1. The zero-order chi connectivity index (χ0) is 33.9. The molecule has 7 heterocycles. The molecule has 11 atom stereocenters. The molecule has 5 saturated heterocycles. The summed E-state index contributed by atoms with van der Waals surface area (Å²) in [6.07, 6.45) is 4.51. The minimum atomic E-state index is -1.85. The van der Waals surface area contributed by atoms with Gasteiger partial charge in [0.05, 0.1) is 30.5 Å². The second-order valence-corrected chi connectivity index (χ2v) is 16.0. The molecule has 5 aliphatic heterocycles. The van der Waals surface area contributed by atoms with Crippen LogP contribution in [0.15, 0.2) is 12.7 Å². The van der Waals surface area contributed by atoms with Crippen LogP contribution >= 0.6 is 23.5 Å². The fourth-order valence-corrected chi connectivity index (χ4v) is 10.9. The van der Waals surface area contributed by atoms with Crippen LogP contribution in [0.4, 0.5) is 15.4 Å². The third-order valence-electron chi connectivity index (χ3n) is 10.3. The molecule has 264 valence electrons. The summed E-state index contributed by atoms with van der Waals surface area (Å²) in [5.41, 5.74) is 6.66. The number of nitrogens with one attached hydrogen (secondary N) is 4. The van der Waals surface area contributed by atoms with Gasteiger partial charge in [-0.1, -0.05) is 12.8 Å². The number of esters is 2. The highest BCUT2D eigenvalue weighted by molar-refractivity contribution is 8.00. The lowest BCUT2D eigenvalue weighted by molar-refractivity contribution is -0.204. The van der Waals surface area contributed by atoms with Crippen LogP contribution in [-0.4, -0.2) is 113 Å². The molecule has 1 aliphatic carbocycles. The number of carbonyl (C=O) groups excluding carboxylic acids is 4. The summed E-state index contributed by atoms with van der Waals surface area (Å²) in [6.45, 7) is 0. The molecule has 49 heavy (non-hydrogen) atoms. The topological polar surface area (TPSA) is 234 Å². The summed E-state index contributed by atoms with van der Waals surface area (Å²) in [7, 11) is 0. The lowest BCUT2D eigenvalue weighted by Crippen LogP contribution is -2.36. The molecule has 3 unspecified atom stereocenters. The number of rotatable bonds is 13. The van der Waals surface area contributed by atoms with E-state index in [1.54, 1.807) is 4.57 Å². The van der Waals surface area contributed by atoms with Gasteiger partial charge in [0.1, 0.15) is 17.8 Å². The molecule has 7 N–H and O–H groups in total. The van der Waals surface area contributed by atoms with Crippen molar-refractivity contribution in [2.45, 2.75) is 110 Å². The third-order valence-corrected chi connectivity index (χ3v) is 13.4. The van der Waals surface area contributed by atoms with E-state index in [-0.39, 0.29) is 60.1 Å². The van der Waals surface area contributed by atoms with E-state index < -0.39 is 42.1 Å². The number of imidazole rings is 1. The number of nitrogens with zero attached hydrogens (tertiary/aromatic N) is 4. The van der Waals surface area contributed by atoms with Crippen molar-refractivity contribution < 1.29 is 38.5 Å². The molecule has 2 aromatic rings. The highest BCUT2D eigenvalue weighted by atomic mass is 32.2. The van der Waals surface area contributed by atoms with Gasteiger partial charge in [-0.2, -0.15) is 23.5 Å². The number of nitrogen functional groups attached to an aromatic ring is 1. The van der Waals surface area contributed by atoms with E-state index >= 15 is 0 Å². The highest BCUT2D eigenvalue weighted by Crippen LogP contribution is 2.60. The van der Waals surface area contributed by atoms with Gasteiger partial charge in [-0.3, -0.25) is 14.2 Å². The molecule has 6 aliphatic rings. The number of aliphatic hydroxyl groups is 1. The monoisotopic (exact) mass is 717 g/mol. The van der Waals surface area contributed by atoms with E-state index in [0.29, 0.717) is 29.3 Å². The Labute approximate surface area is 289 Å². The van der Waals surface area contributed by atoms with E-state index in [0.717, 1.165) is 37.2 Å². The fourth-order valence-electron chi connectivity index (χ4n) is 7.82. The normalized spacial score (nSPS) is 36.8. The molecule has 17 nitrogen and oxygen atoms in total. The first-order valence-corrected chi connectivity index (χ1v) is 18.9. The van der Waals surface area contributed by atoms with Crippen molar-refractivity contribution in [2.75, 3.05) is 17.2 Å². The number of carbonyl (C=O) groups is 4. The predicted molar refractivity (Wildman–Crippen MR) is 176 cm³/mol. The standard InChI is InChI=1S/C30H39N9O8S2/c31-25-22-26(33-11-32-25)39(12-34-22)27-23(45-17(40)7-3-1-5-15-20-13(9-48-15)35-28(42)37-20)19-24(30(19,44)47-27)46-18(41)8-4-2-6-16-21-14(10-49-16)36-29(43)38-21/h11-16,19-21,23-24,27,44H,1-10H2,(H2,31,32,33)(H2,35,37,42)(H2,36,38,43)/t13-,14-,15-,16-,19?,20-,21-,23?,24+,27+,30?/m0/s1. The number of ether oxygens (including phenoxy) is 3. The number of hydrogen-bond acceptors (Lipinski definition) is 14. The van der Waals surface area contributed by atoms with E-state index in [4.69, 9.17) is 19.9 Å². The number of unbranched alkanes of at least 4 members (excludes halogenated alkanes) is 2. The Bertz CT molecular complexity index is 1650. The minimum Gasteiger partial charge on any atom is -0.457 e. The van der Waals surface area contributed by atoms with Crippen LogP contribution in [-0.2, 0) is 23.8 Å². The Hall–Kier alpha value is -3.55. The lowest BCUT2D eigenvalue weighted by atomic mass is 10.0. The Kier molecular flexibility index (Phi) is 8.64. The number of fused-ring (bicyclic) bond motifs is 4. The van der Waals surface area contributed by atoms with Gasteiger partial charge in [0.25, 0.3) is 0 Å². The molecule has 19 heteroatoms. The Morgan fingerprint density at radius 2 is 1.53 bits per heavy atom. The maximum atomic E-state index is 13.2. The molecule has 0 bridgehead atoms. The summed E-state index contributed by atoms with van der Waals surface area (Å²) in [5, 5.41) is 23.9. The van der Waals surface area contributed by atoms with Crippen LogP contribution in [0.3, 0.4) is 0 Å². The van der Waals surface area contributed by atoms with Crippen LogP contribution in [0.1, 0.15) is 57.6 Å². The number of aromatic nitrogens is 4. The van der Waals surface area contributed by atoms with Gasteiger partial charge < -0.3 is 46.3 Å². The van der Waals surface area contributed by atoms with Crippen molar-refractivity contribution in [1.29, 1.82) is 0 Å². The largest absolute Gasteiger partial charge is 0.457 e. The van der Waals surface area contributed by atoms with E-state index in [2.05, 4.69) is 36.2 Å². The average Bonchev–Trinajstić information content (AvgIpc) is 3.78. The van der Waals surface area contributed by atoms with E-state index in [1.165, 1.54) is 12.7 Å². The summed E-state index contributed by atoms with van der Waals surface area (Å²) in [6, 6.07) is 0.250. The zero-order valence-electron chi connectivity index (χ0n) is 26.5. The molecular formula is C30H39N9O8S2. The van der Waals surface area contributed by atoms with Gasteiger partial charge in [0.2, 0.25) is 5.79 Å². The van der Waals surface area contributed by atoms with Crippen molar-refractivity contribution in [3.63, 3.8) is 0 Å². The van der Waals surface area contributed by atoms with Crippen molar-refractivity contribution >= 4 is 64.5 Å².